The van der Waals surface area contributed by atoms with Crippen LogP contribution >= 0.6 is 0 Å². The van der Waals surface area contributed by atoms with Crippen molar-refractivity contribution in [2.45, 2.75) is 6.92 Å². The average Bonchev–Trinajstić information content (AvgIpc) is 2.37. The van der Waals surface area contributed by atoms with E-state index >= 15 is 0 Å². The number of hydrogen-bond donors (Lipinski definition) is 4. The van der Waals surface area contributed by atoms with E-state index in [0.717, 1.165) is 31.3 Å². The van der Waals surface area contributed by atoms with Crippen LogP contribution < -0.4 is 11.2 Å². The Morgan fingerprint density at radius 3 is 1.92 bits per heavy atom. The van der Waals surface area contributed by atoms with Crippen molar-refractivity contribution in [3.8, 4) is 0 Å². The lowest BCUT2D eigenvalue weighted by molar-refractivity contribution is -0.394. The molecule has 0 spiro atoms. The fraction of sp³-hybridized carbons (Fsp3) is 0.100. The van der Waals surface area contributed by atoms with E-state index in [-0.39, 0.29) is 16.5 Å². The van der Waals surface area contributed by atoms with E-state index in [1.54, 1.807) is 0 Å². The summed E-state index contributed by atoms with van der Waals surface area (Å²) in [5, 5.41) is 38.9. The molecular weight excluding hydrogens is 332 g/mol. The zero-order valence-corrected chi connectivity index (χ0v) is 12.2. The van der Waals surface area contributed by atoms with Crippen LogP contribution in [0.1, 0.15) is 12.5 Å². The van der Waals surface area contributed by atoms with E-state index in [1.807, 2.05) is 0 Å². The highest BCUT2D eigenvalue weighted by atomic mass is 16.6. The number of nitro groups is 2. The van der Waals surface area contributed by atoms with Crippen LogP contribution in [0, 0.1) is 25.6 Å². The molecule has 0 radical (unpaired) electrons. The fourth-order valence-electron chi connectivity index (χ4n) is 1.08. The molecule has 0 saturated carbocycles. The van der Waals surface area contributed by atoms with Crippen LogP contribution in [0.3, 0.4) is 0 Å². The third-order valence-corrected chi connectivity index (χ3v) is 1.75. The normalized spacial score (nSPS) is 8.71. The first-order chi connectivity index (χ1) is 10.1. The quantitative estimate of drug-likeness (QED) is 0.220. The maximum Gasteiger partial charge on any atom is 0.300 e. The van der Waals surface area contributed by atoms with Gasteiger partial charge in [-0.3, -0.25) is 30.4 Å². The number of aliphatic carboxylic acids is 1. The Morgan fingerprint density at radius 1 is 1.25 bits per heavy atom. The number of carboxylic acids is 1. The van der Waals surface area contributed by atoms with E-state index in [0.29, 0.717) is 0 Å². The van der Waals surface area contributed by atoms with Gasteiger partial charge in [0.25, 0.3) is 17.3 Å². The van der Waals surface area contributed by atoms with Crippen molar-refractivity contribution in [3.63, 3.8) is 0 Å². The first-order valence-corrected chi connectivity index (χ1v) is 5.40. The Morgan fingerprint density at radius 2 is 1.62 bits per heavy atom. The van der Waals surface area contributed by atoms with Crippen molar-refractivity contribution in [1.29, 1.82) is 5.41 Å². The Labute approximate surface area is 134 Å². The number of nitrogens with zero attached hydrogens (tertiary/aromatic N) is 3. The minimum atomic E-state index is -0.833. The first kappa shape index (κ1) is 25.3. The summed E-state index contributed by atoms with van der Waals surface area (Å²) >= 11 is 0. The van der Waals surface area contributed by atoms with Gasteiger partial charge in [-0.2, -0.15) is 5.10 Å². The van der Waals surface area contributed by atoms with Crippen molar-refractivity contribution in [2.24, 2.45) is 10.8 Å². The van der Waals surface area contributed by atoms with Crippen LogP contribution in [-0.4, -0.2) is 44.0 Å². The van der Waals surface area contributed by atoms with Crippen molar-refractivity contribution in [1.82, 2.24) is 5.43 Å². The number of rotatable bonds is 4. The lowest BCUT2D eigenvalue weighted by atomic mass is 10.2. The first-order valence-electron chi connectivity index (χ1n) is 5.40. The fourth-order valence-corrected chi connectivity index (χ4v) is 1.08. The van der Waals surface area contributed by atoms with Crippen molar-refractivity contribution >= 4 is 29.5 Å². The van der Waals surface area contributed by atoms with Crippen molar-refractivity contribution < 1.29 is 30.7 Å². The second kappa shape index (κ2) is 12.0. The topological polar surface area (TPSA) is 261 Å². The van der Waals surface area contributed by atoms with Crippen LogP contribution in [0.5, 0.6) is 0 Å². The van der Waals surface area contributed by atoms with Gasteiger partial charge in [0.05, 0.1) is 22.1 Å². The maximum absolute atomic E-state index is 10.6. The maximum atomic E-state index is 10.6. The number of hydrazone groups is 1. The highest BCUT2D eigenvalue weighted by molar-refractivity contribution is 5.83. The molecule has 0 aliphatic heterocycles. The van der Waals surface area contributed by atoms with E-state index < -0.39 is 33.2 Å². The number of non-ortho nitro benzene ring substituents is 2. The number of hydrogen-bond acceptors (Lipinski definition) is 7. The van der Waals surface area contributed by atoms with E-state index in [1.165, 1.54) is 0 Å². The molecule has 1 rings (SSSR count). The molecule has 0 amide bonds. The predicted molar refractivity (Wildman–Crippen MR) is 82.9 cm³/mol. The van der Waals surface area contributed by atoms with Crippen LogP contribution in [-0.2, 0) is 4.79 Å². The minimum Gasteiger partial charge on any atom is -0.481 e. The summed E-state index contributed by atoms with van der Waals surface area (Å²) in [5.74, 6) is -1.26. The van der Waals surface area contributed by atoms with Crippen LogP contribution in [0.2, 0.25) is 0 Å². The smallest absolute Gasteiger partial charge is 0.300 e. The molecular formula is C10H16N6O8. The van der Waals surface area contributed by atoms with Gasteiger partial charge in [0.2, 0.25) is 5.96 Å². The summed E-state index contributed by atoms with van der Waals surface area (Å²) in [6.07, 6.45) is 1.08. The second-order valence-corrected chi connectivity index (χ2v) is 3.60. The molecule has 14 nitrogen and oxygen atoms in total. The van der Waals surface area contributed by atoms with Gasteiger partial charge in [-0.05, 0) is 0 Å². The number of carbonyl (C=O) groups is 1. The molecule has 0 saturated heterocycles. The molecule has 0 atom stereocenters. The number of benzene rings is 1. The monoisotopic (exact) mass is 348 g/mol. The predicted octanol–water partition coefficient (Wildman–Crippen LogP) is -1.24. The molecule has 0 aromatic heterocycles. The van der Waals surface area contributed by atoms with Gasteiger partial charge in [-0.15, -0.1) is 0 Å². The molecule has 1 aromatic rings. The molecule has 9 N–H and O–H groups in total. The van der Waals surface area contributed by atoms with Gasteiger partial charge in [-0.1, -0.05) is 0 Å². The van der Waals surface area contributed by atoms with Crippen molar-refractivity contribution in [2.75, 3.05) is 0 Å². The van der Waals surface area contributed by atoms with Crippen LogP contribution in [0.15, 0.2) is 23.3 Å². The summed E-state index contributed by atoms with van der Waals surface area (Å²) in [6.45, 7) is 1.08. The zero-order valence-electron chi connectivity index (χ0n) is 12.2. The highest BCUT2D eigenvalue weighted by Crippen LogP contribution is 2.21. The molecule has 1 aromatic carbocycles. The summed E-state index contributed by atoms with van der Waals surface area (Å²) < 4.78 is 0. The van der Waals surface area contributed by atoms with Gasteiger partial charge in [-0.25, -0.2) is 5.43 Å². The van der Waals surface area contributed by atoms with Gasteiger partial charge in [0, 0.05) is 24.6 Å². The standard InChI is InChI=1S/C8H8N6O4.C2H4O2.2H2O/c9-8(10)12-11-4-5-1-6(13(15)16)3-7(2-5)14(17)18;1-2(3)4;;/h1-4H,(H4,9,10,12);1H3,(H,3,4);2*1H2/b11-4+;;;. The van der Waals surface area contributed by atoms with E-state index in [9.17, 15) is 20.2 Å². The number of guanidine groups is 1. The molecule has 0 fully saturated rings. The van der Waals surface area contributed by atoms with Gasteiger partial charge >= 0.3 is 0 Å². The zero-order chi connectivity index (χ0) is 17.3. The molecule has 0 aliphatic carbocycles. The van der Waals surface area contributed by atoms with Gasteiger partial charge in [0.1, 0.15) is 0 Å². The number of carboxylic acid groups (broad SMARTS) is 1. The highest BCUT2D eigenvalue weighted by Gasteiger charge is 2.15. The summed E-state index contributed by atoms with van der Waals surface area (Å²) in [6, 6.07) is 3.06. The minimum absolute atomic E-state index is 0. The second-order valence-electron chi connectivity index (χ2n) is 3.60. The van der Waals surface area contributed by atoms with Crippen LogP contribution in [0.25, 0.3) is 0 Å². The summed E-state index contributed by atoms with van der Waals surface area (Å²) in [4.78, 5) is 28.7. The average molecular weight is 348 g/mol. The Hall–Kier alpha value is -3.65. The SMILES string of the molecule is CC(=O)O.N=C(N)N/N=C/c1cc([N+](=O)[O-])cc([N+](=O)[O-])c1.O.O. The third-order valence-electron chi connectivity index (χ3n) is 1.75. The number of nitro benzene ring substituents is 2. The molecule has 14 heteroatoms. The molecule has 0 bridgehead atoms. The van der Waals surface area contributed by atoms with E-state index in [4.69, 9.17) is 21.0 Å². The largest absolute Gasteiger partial charge is 0.481 e. The number of nitrogens with two attached hydrogens (primary N) is 1. The lowest BCUT2D eigenvalue weighted by Crippen LogP contribution is -2.25. The third kappa shape index (κ3) is 11.1. The Balaban J connectivity index is -0.000000661. The Kier molecular flexibility index (Phi) is 12.6. The van der Waals surface area contributed by atoms with Crippen LogP contribution in [0.4, 0.5) is 11.4 Å². The molecule has 0 aliphatic rings. The van der Waals surface area contributed by atoms with Gasteiger partial charge < -0.3 is 21.8 Å². The summed E-state index contributed by atoms with van der Waals surface area (Å²) in [5.41, 5.74) is 6.33. The lowest BCUT2D eigenvalue weighted by Gasteiger charge is -1.97. The van der Waals surface area contributed by atoms with Gasteiger partial charge in [0.15, 0.2) is 0 Å². The molecule has 0 unspecified atom stereocenters. The Bertz CT molecular complexity index is 596. The molecule has 134 valence electrons. The molecule has 0 heterocycles. The summed E-state index contributed by atoms with van der Waals surface area (Å²) in [7, 11) is 0. The number of nitrogens with one attached hydrogen (secondary N) is 2. The van der Waals surface area contributed by atoms with Crippen molar-refractivity contribution in [3.05, 3.63) is 44.0 Å². The van der Waals surface area contributed by atoms with E-state index in [2.05, 4.69) is 10.5 Å². The molecule has 24 heavy (non-hydrogen) atoms.